The Morgan fingerprint density at radius 2 is 1.55 bits per heavy atom. The number of methoxy groups -OCH3 is 2. The lowest BCUT2D eigenvalue weighted by Gasteiger charge is -2.34. The van der Waals surface area contributed by atoms with Crippen LogP contribution in [0.1, 0.15) is 36.8 Å². The molecule has 1 aliphatic carbocycles. The predicted molar refractivity (Wildman–Crippen MR) is 195 cm³/mol. The maximum atomic E-state index is 14.7. The zero-order valence-electron chi connectivity index (χ0n) is 27.4. The monoisotopic (exact) mass is 767 g/mol. The molecule has 1 atom stereocenters. The second-order valence-corrected chi connectivity index (χ2v) is 15.1. The van der Waals surface area contributed by atoms with Crippen LogP contribution in [0.5, 0.6) is 11.5 Å². The number of hydrogen-bond donors (Lipinski definition) is 1. The summed E-state index contributed by atoms with van der Waals surface area (Å²) < 4.78 is 41.4. The van der Waals surface area contributed by atoms with E-state index >= 15 is 0 Å². The summed E-state index contributed by atoms with van der Waals surface area (Å²) in [4.78, 5) is 30.3. The van der Waals surface area contributed by atoms with E-state index < -0.39 is 28.5 Å². The van der Waals surface area contributed by atoms with E-state index in [9.17, 15) is 18.0 Å². The third-order valence-corrected chi connectivity index (χ3v) is 11.1. The van der Waals surface area contributed by atoms with Crippen molar-refractivity contribution in [3.63, 3.8) is 0 Å². The molecule has 258 valence electrons. The van der Waals surface area contributed by atoms with Gasteiger partial charge in [-0.15, -0.1) is 0 Å². The lowest BCUT2D eigenvalue weighted by Crippen LogP contribution is -2.54. The van der Waals surface area contributed by atoms with Gasteiger partial charge in [-0.3, -0.25) is 13.9 Å². The Bertz CT molecular complexity index is 1850. The summed E-state index contributed by atoms with van der Waals surface area (Å²) in [5, 5.41) is 3.59. The number of amides is 2. The van der Waals surface area contributed by atoms with Crippen LogP contribution in [0.25, 0.3) is 0 Å². The van der Waals surface area contributed by atoms with E-state index in [1.165, 1.54) is 37.3 Å². The van der Waals surface area contributed by atoms with Gasteiger partial charge in [-0.25, -0.2) is 8.42 Å². The molecule has 1 N–H and O–H groups in total. The van der Waals surface area contributed by atoms with Crippen LogP contribution in [0.3, 0.4) is 0 Å². The number of sulfonamides is 1. The zero-order valence-corrected chi connectivity index (χ0v) is 30.5. The molecule has 0 bridgehead atoms. The molecule has 4 aromatic carbocycles. The van der Waals surface area contributed by atoms with Crippen LogP contribution in [-0.4, -0.2) is 58.0 Å². The Morgan fingerprint density at radius 3 is 2.20 bits per heavy atom. The fraction of sp³-hybridized carbons (Fsp3) is 0.297. The van der Waals surface area contributed by atoms with Gasteiger partial charge in [0, 0.05) is 34.6 Å². The number of carbonyl (C=O) groups excluding carboxylic acids is 2. The number of rotatable bonds is 14. The molecule has 9 nitrogen and oxygen atoms in total. The minimum Gasteiger partial charge on any atom is -0.493 e. The molecular formula is C37H39BrClN3O6S. The smallest absolute Gasteiger partial charge is 0.264 e. The third kappa shape index (κ3) is 9.14. The van der Waals surface area contributed by atoms with E-state index in [-0.39, 0.29) is 41.2 Å². The number of nitrogens with zero attached hydrogens (tertiary/aromatic N) is 2. The molecule has 12 heteroatoms. The number of ether oxygens (including phenoxy) is 2. The van der Waals surface area contributed by atoms with Gasteiger partial charge in [0.1, 0.15) is 12.6 Å². The van der Waals surface area contributed by atoms with E-state index in [2.05, 4.69) is 21.2 Å². The van der Waals surface area contributed by atoms with Crippen molar-refractivity contribution in [1.82, 2.24) is 10.2 Å². The molecule has 5 rings (SSSR count). The number of anilines is 1. The van der Waals surface area contributed by atoms with Gasteiger partial charge in [0.2, 0.25) is 11.8 Å². The molecule has 1 aliphatic rings. The molecule has 4 aromatic rings. The first-order chi connectivity index (χ1) is 23.6. The standard InChI is InChI=1S/C37H39BrClN3O6S/c1-47-34-20-19-32(23-35(34)48-2)49(45,46)42(31-17-15-29(39)16-18-31)25-36(43)41(24-27-11-8-12-28(38)21-27)33(22-26-9-4-3-5-10-26)37(44)40-30-13-6-7-14-30/h3-5,8-12,15-21,23,30,33H,6-7,13-14,22,24-25H2,1-2H3,(H,40,44). The second kappa shape index (κ2) is 16.6. The molecule has 1 fully saturated rings. The Labute approximate surface area is 301 Å². The largest absolute Gasteiger partial charge is 0.493 e. The first kappa shape index (κ1) is 36.2. The Kier molecular flexibility index (Phi) is 12.2. The summed E-state index contributed by atoms with van der Waals surface area (Å²) in [7, 11) is -1.48. The summed E-state index contributed by atoms with van der Waals surface area (Å²) in [5.74, 6) is -0.261. The Hall–Kier alpha value is -4.06. The molecule has 0 radical (unpaired) electrons. The van der Waals surface area contributed by atoms with Crippen molar-refractivity contribution in [2.75, 3.05) is 25.1 Å². The Balaban J connectivity index is 1.58. The lowest BCUT2D eigenvalue weighted by atomic mass is 10.0. The third-order valence-electron chi connectivity index (χ3n) is 8.55. The molecule has 0 spiro atoms. The molecular weight excluding hydrogens is 730 g/mol. The zero-order chi connectivity index (χ0) is 35.0. The van der Waals surface area contributed by atoms with Crippen LogP contribution >= 0.6 is 27.5 Å². The van der Waals surface area contributed by atoms with Crippen LogP contribution in [0.4, 0.5) is 5.69 Å². The van der Waals surface area contributed by atoms with Gasteiger partial charge in [0.25, 0.3) is 10.0 Å². The molecule has 0 aromatic heterocycles. The molecule has 0 aliphatic heterocycles. The van der Waals surface area contributed by atoms with Crippen LogP contribution in [0, 0.1) is 0 Å². The first-order valence-corrected chi connectivity index (χ1v) is 18.6. The topological polar surface area (TPSA) is 105 Å². The van der Waals surface area contributed by atoms with E-state index in [0.717, 1.165) is 45.6 Å². The quantitative estimate of drug-likeness (QED) is 0.148. The molecule has 49 heavy (non-hydrogen) atoms. The highest BCUT2D eigenvalue weighted by molar-refractivity contribution is 9.10. The van der Waals surface area contributed by atoms with Crippen LogP contribution in [0.15, 0.2) is 106 Å². The maximum absolute atomic E-state index is 14.7. The minimum absolute atomic E-state index is 0.0181. The predicted octanol–water partition coefficient (Wildman–Crippen LogP) is 7.01. The summed E-state index contributed by atoms with van der Waals surface area (Å²) in [6.45, 7) is -0.521. The van der Waals surface area contributed by atoms with Gasteiger partial charge < -0.3 is 19.7 Å². The fourth-order valence-corrected chi connectivity index (χ4v) is 8.00. The molecule has 2 amide bonds. The summed E-state index contributed by atoms with van der Waals surface area (Å²) >= 11 is 9.70. The fourth-order valence-electron chi connectivity index (χ4n) is 5.99. The van der Waals surface area contributed by atoms with Crippen molar-refractivity contribution in [3.8, 4) is 11.5 Å². The van der Waals surface area contributed by atoms with E-state index in [1.807, 2.05) is 54.6 Å². The van der Waals surface area contributed by atoms with Crippen molar-refractivity contribution in [1.29, 1.82) is 0 Å². The number of carbonyl (C=O) groups is 2. The summed E-state index contributed by atoms with van der Waals surface area (Å²) in [6, 6.07) is 26.5. The molecule has 1 saturated carbocycles. The van der Waals surface area contributed by atoms with Crippen LogP contribution < -0.4 is 19.1 Å². The van der Waals surface area contributed by atoms with Gasteiger partial charge in [0.05, 0.1) is 24.8 Å². The van der Waals surface area contributed by atoms with Gasteiger partial charge in [-0.2, -0.15) is 0 Å². The average Bonchev–Trinajstić information content (AvgIpc) is 3.62. The maximum Gasteiger partial charge on any atom is 0.264 e. The van der Waals surface area contributed by atoms with Crippen molar-refractivity contribution >= 4 is 55.1 Å². The Morgan fingerprint density at radius 1 is 0.878 bits per heavy atom. The van der Waals surface area contributed by atoms with Crippen molar-refractivity contribution in [2.24, 2.45) is 0 Å². The first-order valence-electron chi connectivity index (χ1n) is 16.0. The molecule has 0 saturated heterocycles. The summed E-state index contributed by atoms with van der Waals surface area (Å²) in [6.07, 6.45) is 4.04. The number of halogens is 2. The van der Waals surface area contributed by atoms with Crippen LogP contribution in [-0.2, 0) is 32.6 Å². The second-order valence-electron chi connectivity index (χ2n) is 11.9. The number of nitrogens with one attached hydrogen (secondary N) is 1. The summed E-state index contributed by atoms with van der Waals surface area (Å²) in [5.41, 5.74) is 1.87. The SMILES string of the molecule is COc1ccc(S(=O)(=O)N(CC(=O)N(Cc2cccc(Br)c2)C(Cc2ccccc2)C(=O)NC2CCCC2)c2ccc(Cl)cc2)cc1OC. The highest BCUT2D eigenvalue weighted by Gasteiger charge is 2.36. The van der Waals surface area contributed by atoms with Crippen molar-refractivity contribution in [2.45, 2.75) is 55.6 Å². The highest BCUT2D eigenvalue weighted by atomic mass is 79.9. The number of benzene rings is 4. The van der Waals surface area contributed by atoms with Gasteiger partial charge in [0.15, 0.2) is 11.5 Å². The van der Waals surface area contributed by atoms with Crippen LogP contribution in [0.2, 0.25) is 5.02 Å². The average molecular weight is 769 g/mol. The number of hydrogen-bond acceptors (Lipinski definition) is 6. The molecule has 1 unspecified atom stereocenters. The van der Waals surface area contributed by atoms with Crippen molar-refractivity contribution < 1.29 is 27.5 Å². The van der Waals surface area contributed by atoms with Crippen molar-refractivity contribution in [3.05, 3.63) is 118 Å². The van der Waals surface area contributed by atoms with E-state index in [1.54, 1.807) is 24.3 Å². The lowest BCUT2D eigenvalue weighted by molar-refractivity contribution is -0.140. The minimum atomic E-state index is -4.36. The highest BCUT2D eigenvalue weighted by Crippen LogP contribution is 2.33. The van der Waals surface area contributed by atoms with Gasteiger partial charge in [-0.05, 0) is 72.5 Å². The molecule has 0 heterocycles. The van der Waals surface area contributed by atoms with Gasteiger partial charge >= 0.3 is 0 Å². The van der Waals surface area contributed by atoms with Gasteiger partial charge in [-0.1, -0.05) is 82.8 Å². The van der Waals surface area contributed by atoms with E-state index in [4.69, 9.17) is 21.1 Å². The van der Waals surface area contributed by atoms with E-state index in [0.29, 0.717) is 10.8 Å². The normalized spacial score (nSPS) is 13.8.